The van der Waals surface area contributed by atoms with Crippen LogP contribution in [-0.4, -0.2) is 54.7 Å². The summed E-state index contributed by atoms with van der Waals surface area (Å²) in [5.74, 6) is 0. The number of likely N-dealkylation sites (tertiary alicyclic amines) is 1. The molecule has 1 saturated heterocycles. The van der Waals surface area contributed by atoms with E-state index in [0.717, 1.165) is 25.2 Å². The molecule has 2 atom stereocenters. The number of aliphatic hydroxyl groups is 1. The minimum absolute atomic E-state index is 0.381. The minimum atomic E-state index is -0.381. The molecule has 1 aliphatic heterocycles. The molecule has 0 saturated carbocycles. The van der Waals surface area contributed by atoms with Crippen molar-refractivity contribution in [1.29, 1.82) is 0 Å². The van der Waals surface area contributed by atoms with Gasteiger partial charge in [0.2, 0.25) is 0 Å². The van der Waals surface area contributed by atoms with E-state index in [0.29, 0.717) is 6.04 Å². The first-order chi connectivity index (χ1) is 9.88. The molecule has 1 aliphatic rings. The van der Waals surface area contributed by atoms with E-state index in [1.807, 2.05) is 0 Å². The first-order valence-corrected chi connectivity index (χ1v) is 8.03. The summed E-state index contributed by atoms with van der Waals surface area (Å²) in [4.78, 5) is 4.71. The van der Waals surface area contributed by atoms with Crippen LogP contribution in [0.4, 0.5) is 0 Å². The highest BCUT2D eigenvalue weighted by Gasteiger charge is 2.27. The van der Waals surface area contributed by atoms with Crippen LogP contribution in [0.2, 0.25) is 0 Å². The third-order valence-corrected chi connectivity index (χ3v) is 4.55. The number of aryl methyl sites for hydroxylation is 3. The van der Waals surface area contributed by atoms with Gasteiger partial charge in [-0.15, -0.1) is 0 Å². The number of aliphatic hydroxyl groups excluding tert-OH is 1. The lowest BCUT2D eigenvalue weighted by molar-refractivity contribution is 0.0972. The van der Waals surface area contributed by atoms with Gasteiger partial charge in [0.1, 0.15) is 0 Å². The van der Waals surface area contributed by atoms with E-state index in [4.69, 9.17) is 0 Å². The van der Waals surface area contributed by atoms with E-state index < -0.39 is 0 Å². The van der Waals surface area contributed by atoms with Crippen molar-refractivity contribution in [3.05, 3.63) is 34.4 Å². The summed E-state index contributed by atoms with van der Waals surface area (Å²) in [5.41, 5.74) is 4.82. The van der Waals surface area contributed by atoms with Gasteiger partial charge in [-0.25, -0.2) is 0 Å². The van der Waals surface area contributed by atoms with Crippen LogP contribution in [-0.2, 0) is 0 Å². The second kappa shape index (κ2) is 6.91. The van der Waals surface area contributed by atoms with Crippen LogP contribution < -0.4 is 0 Å². The van der Waals surface area contributed by atoms with Crippen LogP contribution in [0.25, 0.3) is 0 Å². The predicted molar refractivity (Wildman–Crippen MR) is 88.8 cm³/mol. The Kier molecular flexibility index (Phi) is 5.42. The van der Waals surface area contributed by atoms with E-state index in [-0.39, 0.29) is 6.10 Å². The number of likely N-dealkylation sites (N-methyl/N-ethyl adjacent to an activating group) is 1. The molecule has 3 heteroatoms. The monoisotopic (exact) mass is 290 g/mol. The molecule has 1 N–H and O–H groups in total. The highest BCUT2D eigenvalue weighted by atomic mass is 16.3. The average Bonchev–Trinajstić information content (AvgIpc) is 2.74. The predicted octanol–water partition coefficient (Wildman–Crippen LogP) is 2.67. The van der Waals surface area contributed by atoms with Gasteiger partial charge in [-0.1, -0.05) is 17.7 Å². The fourth-order valence-corrected chi connectivity index (χ4v) is 3.79. The van der Waals surface area contributed by atoms with E-state index in [1.54, 1.807) is 0 Å². The highest BCUT2D eigenvalue weighted by molar-refractivity contribution is 5.39. The SMILES string of the molecule is Cc1cc(C)c(C(O)CN2CCCC2CN(C)C)c(C)c1. The fraction of sp³-hybridized carbons (Fsp3) is 0.667. The Morgan fingerprint density at radius 3 is 2.43 bits per heavy atom. The Bertz CT molecular complexity index is 461. The molecular formula is C18H30N2O. The van der Waals surface area contributed by atoms with Crippen molar-refractivity contribution in [2.75, 3.05) is 33.7 Å². The molecule has 1 fully saturated rings. The average molecular weight is 290 g/mol. The molecule has 2 unspecified atom stereocenters. The van der Waals surface area contributed by atoms with Crippen molar-refractivity contribution < 1.29 is 5.11 Å². The molecular weight excluding hydrogens is 260 g/mol. The molecule has 118 valence electrons. The van der Waals surface area contributed by atoms with Gasteiger partial charge in [0, 0.05) is 19.1 Å². The highest BCUT2D eigenvalue weighted by Crippen LogP contribution is 2.27. The first-order valence-electron chi connectivity index (χ1n) is 8.03. The molecule has 21 heavy (non-hydrogen) atoms. The number of hydrogen-bond donors (Lipinski definition) is 1. The Morgan fingerprint density at radius 2 is 1.86 bits per heavy atom. The van der Waals surface area contributed by atoms with Gasteiger partial charge >= 0.3 is 0 Å². The molecule has 1 aromatic rings. The lowest BCUT2D eigenvalue weighted by Crippen LogP contribution is -2.39. The van der Waals surface area contributed by atoms with Crippen LogP contribution in [0.15, 0.2) is 12.1 Å². The second-order valence-corrected chi connectivity index (χ2v) is 6.88. The smallest absolute Gasteiger partial charge is 0.0922 e. The van der Waals surface area contributed by atoms with E-state index in [9.17, 15) is 5.11 Å². The lowest BCUT2D eigenvalue weighted by Gasteiger charge is -2.30. The number of β-amino-alcohol motifs (C(OH)–C–C–N with tert-alkyl or cyclic N) is 1. The van der Waals surface area contributed by atoms with Gasteiger partial charge in [-0.05, 0) is 70.9 Å². The molecule has 1 heterocycles. The van der Waals surface area contributed by atoms with E-state index >= 15 is 0 Å². The number of rotatable bonds is 5. The normalized spacial score (nSPS) is 21.2. The standard InChI is InChI=1S/C18H30N2O/c1-13-9-14(2)18(15(3)10-13)17(21)12-20-8-6-7-16(20)11-19(4)5/h9-10,16-17,21H,6-8,11-12H2,1-5H3. The minimum Gasteiger partial charge on any atom is -0.387 e. The Morgan fingerprint density at radius 1 is 1.24 bits per heavy atom. The molecule has 0 amide bonds. The summed E-state index contributed by atoms with van der Waals surface area (Å²) in [6, 6.07) is 4.93. The molecule has 2 rings (SSSR count). The van der Waals surface area contributed by atoms with Crippen LogP contribution >= 0.6 is 0 Å². The maximum Gasteiger partial charge on any atom is 0.0922 e. The summed E-state index contributed by atoms with van der Waals surface area (Å²) in [7, 11) is 4.25. The number of benzene rings is 1. The molecule has 0 aromatic heterocycles. The summed E-state index contributed by atoms with van der Waals surface area (Å²) in [5, 5.41) is 10.7. The molecule has 0 aliphatic carbocycles. The molecule has 0 radical (unpaired) electrons. The van der Waals surface area contributed by atoms with Gasteiger partial charge in [-0.3, -0.25) is 4.90 Å². The zero-order chi connectivity index (χ0) is 15.6. The molecule has 3 nitrogen and oxygen atoms in total. The van der Waals surface area contributed by atoms with Crippen LogP contribution in [0, 0.1) is 20.8 Å². The largest absolute Gasteiger partial charge is 0.387 e. The van der Waals surface area contributed by atoms with Crippen LogP contribution in [0.1, 0.15) is 41.2 Å². The van der Waals surface area contributed by atoms with Gasteiger partial charge < -0.3 is 10.0 Å². The van der Waals surface area contributed by atoms with Gasteiger partial charge in [0.25, 0.3) is 0 Å². The van der Waals surface area contributed by atoms with E-state index in [1.165, 1.54) is 29.5 Å². The van der Waals surface area contributed by atoms with Crippen molar-refractivity contribution in [3.8, 4) is 0 Å². The number of nitrogens with zero attached hydrogens (tertiary/aromatic N) is 2. The Labute approximate surface area is 129 Å². The van der Waals surface area contributed by atoms with E-state index in [2.05, 4.69) is 56.8 Å². The van der Waals surface area contributed by atoms with Crippen LogP contribution in [0.5, 0.6) is 0 Å². The van der Waals surface area contributed by atoms with Crippen molar-refractivity contribution in [2.45, 2.75) is 45.8 Å². The number of hydrogen-bond acceptors (Lipinski definition) is 3. The second-order valence-electron chi connectivity index (χ2n) is 6.88. The first kappa shape index (κ1) is 16.5. The Hall–Kier alpha value is -0.900. The lowest BCUT2D eigenvalue weighted by atomic mass is 9.95. The zero-order valence-electron chi connectivity index (χ0n) is 14.2. The molecule has 0 spiro atoms. The van der Waals surface area contributed by atoms with Crippen molar-refractivity contribution in [1.82, 2.24) is 9.80 Å². The van der Waals surface area contributed by atoms with Crippen molar-refractivity contribution in [3.63, 3.8) is 0 Å². The maximum absolute atomic E-state index is 10.7. The van der Waals surface area contributed by atoms with Crippen LogP contribution in [0.3, 0.4) is 0 Å². The third-order valence-electron chi connectivity index (χ3n) is 4.55. The fourth-order valence-electron chi connectivity index (χ4n) is 3.79. The Balaban J connectivity index is 2.09. The summed E-state index contributed by atoms with van der Waals surface area (Å²) >= 11 is 0. The summed E-state index contributed by atoms with van der Waals surface area (Å²) in [6.45, 7) is 9.28. The molecule has 0 bridgehead atoms. The topological polar surface area (TPSA) is 26.7 Å². The maximum atomic E-state index is 10.7. The van der Waals surface area contributed by atoms with Gasteiger partial charge in [0.05, 0.1) is 6.10 Å². The summed E-state index contributed by atoms with van der Waals surface area (Å²) in [6.07, 6.45) is 2.11. The zero-order valence-corrected chi connectivity index (χ0v) is 14.2. The third kappa shape index (κ3) is 4.06. The summed E-state index contributed by atoms with van der Waals surface area (Å²) < 4.78 is 0. The molecule has 1 aromatic carbocycles. The van der Waals surface area contributed by atoms with Gasteiger partial charge in [0.15, 0.2) is 0 Å². The van der Waals surface area contributed by atoms with Gasteiger partial charge in [-0.2, -0.15) is 0 Å². The van der Waals surface area contributed by atoms with Crippen molar-refractivity contribution >= 4 is 0 Å². The quantitative estimate of drug-likeness (QED) is 0.903. The van der Waals surface area contributed by atoms with Crippen molar-refractivity contribution in [2.24, 2.45) is 0 Å².